The predicted molar refractivity (Wildman–Crippen MR) is 129 cm³/mol. The molecule has 0 bridgehead atoms. The Morgan fingerprint density at radius 1 is 1.15 bits per heavy atom. The van der Waals surface area contributed by atoms with Gasteiger partial charge in [-0.15, -0.1) is 0 Å². The number of nitrogens with zero attached hydrogens (tertiary/aromatic N) is 2. The molecule has 3 aliphatic rings. The van der Waals surface area contributed by atoms with Crippen LogP contribution in [0.5, 0.6) is 0 Å². The van der Waals surface area contributed by atoms with E-state index < -0.39 is 0 Å². The Kier molecular flexibility index (Phi) is 5.43. The minimum absolute atomic E-state index is 0.120. The van der Waals surface area contributed by atoms with E-state index in [2.05, 4.69) is 45.3 Å². The van der Waals surface area contributed by atoms with E-state index in [-0.39, 0.29) is 5.92 Å². The van der Waals surface area contributed by atoms with Gasteiger partial charge >= 0.3 is 0 Å². The smallest absolute Gasteiger partial charge is 0.226 e. The summed E-state index contributed by atoms with van der Waals surface area (Å²) in [6.45, 7) is 6.13. The molecular weight excluding hydrogens is 412 g/mol. The summed E-state index contributed by atoms with van der Waals surface area (Å²) in [6, 6.07) is 7.32. The molecule has 1 amide bonds. The maximum atomic E-state index is 13.3. The fraction of sp³-hybridized carbons (Fsp3) is 0.481. The average Bonchev–Trinajstić information content (AvgIpc) is 3.53. The number of rotatable bonds is 3. The van der Waals surface area contributed by atoms with Gasteiger partial charge in [-0.2, -0.15) is 0 Å². The first kappa shape index (κ1) is 20.9. The van der Waals surface area contributed by atoms with Gasteiger partial charge in [-0.25, -0.2) is 4.98 Å². The molecule has 0 radical (unpaired) electrons. The van der Waals surface area contributed by atoms with Gasteiger partial charge in [0.25, 0.3) is 0 Å². The molecule has 1 aromatic carbocycles. The molecule has 6 nitrogen and oxygen atoms in total. The van der Waals surface area contributed by atoms with Gasteiger partial charge in [-0.1, -0.05) is 6.07 Å². The number of hydrogen-bond donors (Lipinski definition) is 2. The van der Waals surface area contributed by atoms with Crippen molar-refractivity contribution in [2.75, 3.05) is 26.3 Å². The number of H-pyrrole nitrogens is 1. The Bertz CT molecular complexity index is 1190. The molecule has 0 aliphatic carbocycles. The highest BCUT2D eigenvalue weighted by molar-refractivity contribution is 5.85. The number of benzene rings is 1. The van der Waals surface area contributed by atoms with E-state index in [1.165, 1.54) is 39.6 Å². The summed E-state index contributed by atoms with van der Waals surface area (Å²) in [7, 11) is 0. The molecule has 6 heteroatoms. The largest absolute Gasteiger partial charge is 0.381 e. The lowest BCUT2D eigenvalue weighted by Gasteiger charge is -2.35. The topological polar surface area (TPSA) is 70.2 Å². The van der Waals surface area contributed by atoms with Crippen LogP contribution in [0.3, 0.4) is 0 Å². The van der Waals surface area contributed by atoms with Crippen molar-refractivity contribution >= 4 is 16.9 Å². The number of aromatic amines is 1. The van der Waals surface area contributed by atoms with E-state index in [1.54, 1.807) is 0 Å². The maximum Gasteiger partial charge on any atom is 0.226 e. The zero-order valence-electron chi connectivity index (χ0n) is 19.3. The van der Waals surface area contributed by atoms with Gasteiger partial charge in [-0.3, -0.25) is 4.79 Å². The second-order valence-electron chi connectivity index (χ2n) is 9.84. The fourth-order valence-electron chi connectivity index (χ4n) is 5.81. The van der Waals surface area contributed by atoms with E-state index in [1.807, 2.05) is 12.4 Å². The zero-order valence-corrected chi connectivity index (χ0v) is 19.3. The molecule has 3 aromatic rings. The lowest BCUT2D eigenvalue weighted by atomic mass is 9.86. The standard InChI is InChI=1S/C27H32N4O2/c1-17-14-29-26-22(17)13-21(15-30-26)20-11-19-4-8-31(27(32)18-5-9-33-10-6-18)16-24(19)23(12-20)25-3-2-7-28-25/h11-15,18,25,28H,2-10,16H2,1H3,(H,29,30)/t25-/m0/s1. The average molecular weight is 445 g/mol. The van der Waals surface area contributed by atoms with E-state index in [4.69, 9.17) is 4.74 Å². The van der Waals surface area contributed by atoms with Crippen molar-refractivity contribution in [3.8, 4) is 11.1 Å². The second-order valence-corrected chi connectivity index (χ2v) is 9.84. The Hall–Kier alpha value is -2.70. The Balaban J connectivity index is 1.37. The third kappa shape index (κ3) is 3.85. The van der Waals surface area contributed by atoms with E-state index in [9.17, 15) is 4.79 Å². The van der Waals surface area contributed by atoms with Crippen molar-refractivity contribution in [1.29, 1.82) is 0 Å². The van der Waals surface area contributed by atoms with E-state index in [0.29, 0.717) is 25.2 Å². The maximum absolute atomic E-state index is 13.3. The number of hydrogen-bond acceptors (Lipinski definition) is 4. The van der Waals surface area contributed by atoms with Gasteiger partial charge in [0.1, 0.15) is 5.65 Å². The van der Waals surface area contributed by atoms with E-state index in [0.717, 1.165) is 56.5 Å². The summed E-state index contributed by atoms with van der Waals surface area (Å²) in [6.07, 6.45) is 8.97. The van der Waals surface area contributed by atoms with Crippen molar-refractivity contribution in [2.24, 2.45) is 5.92 Å². The van der Waals surface area contributed by atoms with Gasteiger partial charge in [0, 0.05) is 61.6 Å². The minimum atomic E-state index is 0.120. The first-order chi connectivity index (χ1) is 16.2. The van der Waals surface area contributed by atoms with Crippen LogP contribution >= 0.6 is 0 Å². The van der Waals surface area contributed by atoms with Crippen molar-refractivity contribution in [3.05, 3.63) is 52.8 Å². The van der Waals surface area contributed by atoms with Crippen LogP contribution in [0.2, 0.25) is 0 Å². The normalized spacial score (nSPS) is 21.5. The molecule has 2 fully saturated rings. The van der Waals surface area contributed by atoms with Gasteiger partial charge in [0.2, 0.25) is 5.91 Å². The van der Waals surface area contributed by atoms with Gasteiger partial charge in [0.05, 0.1) is 0 Å². The first-order valence-electron chi connectivity index (χ1n) is 12.4. The molecule has 33 heavy (non-hydrogen) atoms. The Morgan fingerprint density at radius 2 is 2.03 bits per heavy atom. The molecule has 2 aromatic heterocycles. The summed E-state index contributed by atoms with van der Waals surface area (Å²) >= 11 is 0. The number of ether oxygens (including phenoxy) is 1. The number of carbonyl (C=O) groups excluding carboxylic acids is 1. The van der Waals surface area contributed by atoms with Crippen molar-refractivity contribution < 1.29 is 9.53 Å². The quantitative estimate of drug-likeness (QED) is 0.633. The minimum Gasteiger partial charge on any atom is -0.381 e. The molecule has 0 saturated carbocycles. The van der Waals surface area contributed by atoms with Gasteiger partial charge in [-0.05, 0) is 85.5 Å². The van der Waals surface area contributed by atoms with Crippen molar-refractivity contribution in [2.45, 2.75) is 51.6 Å². The number of pyridine rings is 1. The molecule has 6 rings (SSSR count). The van der Waals surface area contributed by atoms with Crippen LogP contribution in [0.4, 0.5) is 0 Å². The molecule has 0 unspecified atom stereocenters. The van der Waals surface area contributed by atoms with E-state index >= 15 is 0 Å². The van der Waals surface area contributed by atoms with Crippen LogP contribution in [0, 0.1) is 12.8 Å². The fourth-order valence-corrected chi connectivity index (χ4v) is 5.81. The summed E-state index contributed by atoms with van der Waals surface area (Å²) < 4.78 is 5.48. The van der Waals surface area contributed by atoms with Gasteiger partial charge in [0.15, 0.2) is 0 Å². The van der Waals surface area contributed by atoms with Crippen LogP contribution in [0.1, 0.15) is 54.0 Å². The number of fused-ring (bicyclic) bond motifs is 2. The highest BCUT2D eigenvalue weighted by atomic mass is 16.5. The zero-order chi connectivity index (χ0) is 22.4. The van der Waals surface area contributed by atoms with Crippen molar-refractivity contribution in [1.82, 2.24) is 20.2 Å². The van der Waals surface area contributed by atoms with Crippen LogP contribution < -0.4 is 5.32 Å². The molecule has 1 atom stereocenters. The molecular formula is C27H32N4O2. The van der Waals surface area contributed by atoms with Gasteiger partial charge < -0.3 is 19.9 Å². The number of nitrogens with one attached hydrogen (secondary N) is 2. The first-order valence-corrected chi connectivity index (χ1v) is 12.4. The van der Waals surface area contributed by atoms with Crippen LogP contribution in [0.15, 0.2) is 30.6 Å². The number of aryl methyl sites for hydroxylation is 1. The molecule has 3 aliphatic heterocycles. The monoisotopic (exact) mass is 444 g/mol. The number of amides is 1. The highest BCUT2D eigenvalue weighted by Crippen LogP contribution is 2.37. The third-order valence-corrected chi connectivity index (χ3v) is 7.77. The molecule has 5 heterocycles. The molecule has 2 N–H and O–H groups in total. The number of aromatic nitrogens is 2. The van der Waals surface area contributed by atoms with Crippen molar-refractivity contribution in [3.63, 3.8) is 0 Å². The Labute approximate surface area is 194 Å². The molecule has 172 valence electrons. The van der Waals surface area contributed by atoms with Crippen LogP contribution in [0.25, 0.3) is 22.2 Å². The molecule has 2 saturated heterocycles. The number of carbonyl (C=O) groups is 1. The summed E-state index contributed by atoms with van der Waals surface area (Å²) in [5, 5.41) is 4.88. The molecule has 0 spiro atoms. The predicted octanol–water partition coefficient (Wildman–Crippen LogP) is 4.27. The lowest BCUT2D eigenvalue weighted by Crippen LogP contribution is -2.42. The second kappa shape index (κ2) is 8.58. The van der Waals surface area contributed by atoms with Crippen LogP contribution in [-0.2, 0) is 22.5 Å². The lowest BCUT2D eigenvalue weighted by molar-refractivity contribution is -0.139. The van der Waals surface area contributed by atoms with Crippen LogP contribution in [-0.4, -0.2) is 47.1 Å². The summed E-state index contributed by atoms with van der Waals surface area (Å²) in [5.41, 5.74) is 8.67. The summed E-state index contributed by atoms with van der Waals surface area (Å²) in [4.78, 5) is 23.3. The third-order valence-electron chi connectivity index (χ3n) is 7.77. The highest BCUT2D eigenvalue weighted by Gasteiger charge is 2.31. The summed E-state index contributed by atoms with van der Waals surface area (Å²) in [5.74, 6) is 0.436. The SMILES string of the molecule is Cc1c[nH]c2ncc(-c3cc4c(c([C@@H]5CCCN5)c3)CN(C(=O)C3CCOCC3)CC4)cc12. The Morgan fingerprint density at radius 3 is 2.85 bits per heavy atom.